The Kier molecular flexibility index (Phi) is 5.26. The van der Waals surface area contributed by atoms with E-state index >= 15 is 0 Å². The van der Waals surface area contributed by atoms with Crippen LogP contribution in [0.25, 0.3) is 0 Å². The largest absolute Gasteiger partial charge is 0.460 e. The third kappa shape index (κ3) is 3.51. The number of rotatable bonds is 5. The van der Waals surface area contributed by atoms with Gasteiger partial charge in [-0.3, -0.25) is 14.9 Å². The maximum Gasteiger partial charge on any atom is 0.329 e. The quantitative estimate of drug-likeness (QED) is 0.359. The number of thiophene rings is 1. The van der Waals surface area contributed by atoms with E-state index in [-0.39, 0.29) is 22.4 Å². The molecule has 1 atom stereocenters. The molecular weight excluding hydrogens is 308 g/mol. The lowest BCUT2D eigenvalue weighted by molar-refractivity contribution is -0.380. The van der Waals surface area contributed by atoms with E-state index in [1.165, 1.54) is 17.0 Å². The van der Waals surface area contributed by atoms with Gasteiger partial charge in [-0.1, -0.05) is 23.5 Å². The Hall–Kier alpha value is -2.22. The molecule has 1 fully saturated rings. The summed E-state index contributed by atoms with van der Waals surface area (Å²) in [5.74, 6) is -0.793. The number of allylic oxidation sites excluding steroid dienone is 1. The van der Waals surface area contributed by atoms with Crippen molar-refractivity contribution in [3.8, 4) is 0 Å². The summed E-state index contributed by atoms with van der Waals surface area (Å²) in [6.07, 6.45) is 4.74. The van der Waals surface area contributed by atoms with Crippen LogP contribution in [0.2, 0.25) is 0 Å². The lowest BCUT2D eigenvalue weighted by atomic mass is 10.2. The van der Waals surface area contributed by atoms with E-state index in [0.717, 1.165) is 11.3 Å². The molecule has 118 valence electrons. The minimum Gasteiger partial charge on any atom is -0.460 e. The highest BCUT2D eigenvalue weighted by atomic mass is 32.1. The van der Waals surface area contributed by atoms with Crippen molar-refractivity contribution >= 4 is 28.2 Å². The zero-order chi connectivity index (χ0) is 16.1. The molecule has 0 spiro atoms. The first-order chi connectivity index (χ1) is 10.5. The van der Waals surface area contributed by atoms with Crippen LogP contribution >= 0.6 is 11.3 Å². The lowest BCUT2D eigenvalue weighted by Gasteiger charge is -2.22. The molecule has 0 aliphatic carbocycles. The zero-order valence-corrected chi connectivity index (χ0v) is 12.9. The Morgan fingerprint density at radius 1 is 1.55 bits per heavy atom. The average Bonchev–Trinajstić information content (AvgIpc) is 3.16. The van der Waals surface area contributed by atoms with Crippen molar-refractivity contribution in [2.75, 3.05) is 13.2 Å². The van der Waals surface area contributed by atoms with Gasteiger partial charge in [-0.15, -0.1) is 0 Å². The fourth-order valence-electron chi connectivity index (χ4n) is 2.26. The summed E-state index contributed by atoms with van der Waals surface area (Å²) in [5, 5.41) is 10.6. The SMILES string of the molecule is CC=CCOC(=O)C1CCCN1C(=O)c1ccc([N+](=O)[O-])s1. The fraction of sp³-hybridized carbons (Fsp3) is 0.429. The van der Waals surface area contributed by atoms with Gasteiger partial charge >= 0.3 is 11.0 Å². The highest BCUT2D eigenvalue weighted by molar-refractivity contribution is 7.17. The summed E-state index contributed by atoms with van der Waals surface area (Å²) in [6.45, 7) is 2.45. The van der Waals surface area contributed by atoms with Crippen molar-refractivity contribution in [1.82, 2.24) is 4.90 Å². The highest BCUT2D eigenvalue weighted by Gasteiger charge is 2.36. The van der Waals surface area contributed by atoms with Gasteiger partial charge in [0.05, 0.1) is 9.80 Å². The molecule has 1 aromatic heterocycles. The summed E-state index contributed by atoms with van der Waals surface area (Å²) in [7, 11) is 0. The highest BCUT2D eigenvalue weighted by Crippen LogP contribution is 2.28. The van der Waals surface area contributed by atoms with Gasteiger partial charge in [0.15, 0.2) is 0 Å². The predicted octanol–water partition coefficient (Wildman–Crippen LogP) is 2.38. The summed E-state index contributed by atoms with van der Waals surface area (Å²) in [5.41, 5.74) is 0. The van der Waals surface area contributed by atoms with Gasteiger partial charge in [0.1, 0.15) is 12.6 Å². The first-order valence-corrected chi connectivity index (χ1v) is 7.69. The van der Waals surface area contributed by atoms with Crippen molar-refractivity contribution in [2.45, 2.75) is 25.8 Å². The molecule has 1 saturated heterocycles. The molecule has 8 heteroatoms. The molecule has 0 radical (unpaired) electrons. The fourth-order valence-corrected chi connectivity index (χ4v) is 3.04. The molecule has 1 aliphatic rings. The number of amides is 1. The summed E-state index contributed by atoms with van der Waals surface area (Å²) in [4.78, 5) is 36.3. The number of nitrogens with zero attached hydrogens (tertiary/aromatic N) is 2. The number of hydrogen-bond acceptors (Lipinski definition) is 6. The second-order valence-electron chi connectivity index (χ2n) is 4.75. The number of esters is 1. The molecule has 1 aromatic rings. The molecule has 0 aromatic carbocycles. The molecule has 22 heavy (non-hydrogen) atoms. The maximum absolute atomic E-state index is 12.4. The third-order valence-electron chi connectivity index (χ3n) is 3.33. The number of nitro groups is 1. The predicted molar refractivity (Wildman–Crippen MR) is 80.8 cm³/mol. The lowest BCUT2D eigenvalue weighted by Crippen LogP contribution is -2.41. The molecule has 2 heterocycles. The van der Waals surface area contributed by atoms with E-state index in [1.54, 1.807) is 12.2 Å². The molecule has 1 aliphatic heterocycles. The van der Waals surface area contributed by atoms with Crippen LogP contribution in [0.1, 0.15) is 29.4 Å². The first kappa shape index (κ1) is 16.2. The van der Waals surface area contributed by atoms with Crippen LogP contribution in [0.4, 0.5) is 5.00 Å². The average molecular weight is 324 g/mol. The molecule has 0 saturated carbocycles. The van der Waals surface area contributed by atoms with Crippen LogP contribution in [0, 0.1) is 10.1 Å². The van der Waals surface area contributed by atoms with Crippen molar-refractivity contribution in [2.24, 2.45) is 0 Å². The molecule has 2 rings (SSSR count). The smallest absolute Gasteiger partial charge is 0.329 e. The number of carbonyl (C=O) groups excluding carboxylic acids is 2. The molecule has 7 nitrogen and oxygen atoms in total. The Morgan fingerprint density at radius 2 is 2.32 bits per heavy atom. The molecule has 1 unspecified atom stereocenters. The maximum atomic E-state index is 12.4. The second kappa shape index (κ2) is 7.17. The van der Waals surface area contributed by atoms with Gasteiger partial charge < -0.3 is 9.64 Å². The van der Waals surface area contributed by atoms with Crippen LogP contribution < -0.4 is 0 Å². The van der Waals surface area contributed by atoms with Crippen LogP contribution in [0.15, 0.2) is 24.3 Å². The number of ether oxygens (including phenoxy) is 1. The van der Waals surface area contributed by atoms with E-state index in [1.807, 2.05) is 6.92 Å². The van der Waals surface area contributed by atoms with Crippen LogP contribution in [-0.4, -0.2) is 40.9 Å². The second-order valence-corrected chi connectivity index (χ2v) is 5.81. The topological polar surface area (TPSA) is 89.8 Å². The summed E-state index contributed by atoms with van der Waals surface area (Å²) < 4.78 is 5.10. The molecular formula is C14H16N2O5S. The van der Waals surface area contributed by atoms with Crippen LogP contribution in [0.3, 0.4) is 0 Å². The minimum atomic E-state index is -0.612. The van der Waals surface area contributed by atoms with Crippen LogP contribution in [-0.2, 0) is 9.53 Å². The normalized spacial score (nSPS) is 17.9. The Morgan fingerprint density at radius 3 is 2.95 bits per heavy atom. The number of likely N-dealkylation sites (tertiary alicyclic amines) is 1. The van der Waals surface area contributed by atoms with E-state index in [2.05, 4.69) is 0 Å². The molecule has 0 N–H and O–H groups in total. The number of carbonyl (C=O) groups is 2. The standard InChI is InChI=1S/C14H16N2O5S/c1-2-3-9-21-14(18)10-5-4-8-15(10)13(17)11-6-7-12(22-11)16(19)20/h2-3,6-7,10H,4-5,8-9H2,1H3. The minimum absolute atomic E-state index is 0.0882. The first-order valence-electron chi connectivity index (χ1n) is 6.87. The van der Waals surface area contributed by atoms with Gasteiger partial charge in [0.25, 0.3) is 5.91 Å². The molecule has 1 amide bonds. The zero-order valence-electron chi connectivity index (χ0n) is 12.1. The van der Waals surface area contributed by atoms with Crippen molar-refractivity contribution in [3.63, 3.8) is 0 Å². The van der Waals surface area contributed by atoms with Crippen molar-refractivity contribution in [1.29, 1.82) is 0 Å². The van der Waals surface area contributed by atoms with Gasteiger partial charge in [-0.2, -0.15) is 0 Å². The van der Waals surface area contributed by atoms with Gasteiger partial charge in [0.2, 0.25) is 0 Å². The summed E-state index contributed by atoms with van der Waals surface area (Å²) in [6, 6.07) is 2.11. The van der Waals surface area contributed by atoms with E-state index in [0.29, 0.717) is 19.4 Å². The Bertz CT molecular complexity index is 610. The van der Waals surface area contributed by atoms with Gasteiger partial charge in [0, 0.05) is 12.6 Å². The van der Waals surface area contributed by atoms with E-state index < -0.39 is 16.9 Å². The number of hydrogen-bond donors (Lipinski definition) is 0. The van der Waals surface area contributed by atoms with Gasteiger partial charge in [-0.05, 0) is 25.8 Å². The van der Waals surface area contributed by atoms with Crippen molar-refractivity contribution < 1.29 is 19.2 Å². The van der Waals surface area contributed by atoms with E-state index in [4.69, 9.17) is 4.74 Å². The molecule has 0 bridgehead atoms. The van der Waals surface area contributed by atoms with Crippen molar-refractivity contribution in [3.05, 3.63) is 39.3 Å². The van der Waals surface area contributed by atoms with Crippen LogP contribution in [0.5, 0.6) is 0 Å². The monoisotopic (exact) mass is 324 g/mol. The third-order valence-corrected chi connectivity index (χ3v) is 4.35. The van der Waals surface area contributed by atoms with E-state index in [9.17, 15) is 19.7 Å². The Labute approximate surface area is 131 Å². The van der Waals surface area contributed by atoms with Gasteiger partial charge in [-0.25, -0.2) is 4.79 Å². The summed E-state index contributed by atoms with van der Waals surface area (Å²) >= 11 is 0.818. The Balaban J connectivity index is 2.07.